The van der Waals surface area contributed by atoms with Crippen molar-refractivity contribution in [2.24, 2.45) is 0 Å². The van der Waals surface area contributed by atoms with Gasteiger partial charge in [0.25, 0.3) is 0 Å². The molecule has 0 unspecified atom stereocenters. The Morgan fingerprint density at radius 1 is 1.44 bits per heavy atom. The van der Waals surface area contributed by atoms with Crippen LogP contribution in [0.2, 0.25) is 0 Å². The third-order valence-corrected chi connectivity index (χ3v) is 2.68. The molecule has 86 valence electrons. The molecule has 1 aliphatic heterocycles. The van der Waals surface area contributed by atoms with Crippen molar-refractivity contribution in [3.8, 4) is 11.5 Å². The fraction of sp³-hybridized carbons (Fsp3) is 0.462. The van der Waals surface area contributed by atoms with Crippen LogP contribution in [0.15, 0.2) is 18.2 Å². The summed E-state index contributed by atoms with van der Waals surface area (Å²) in [6.45, 7) is 5.56. The van der Waals surface area contributed by atoms with Gasteiger partial charge in [-0.2, -0.15) is 0 Å². The Morgan fingerprint density at radius 2 is 2.19 bits per heavy atom. The molecule has 0 atom stereocenters. The van der Waals surface area contributed by atoms with Gasteiger partial charge in [0.15, 0.2) is 0 Å². The Kier molecular flexibility index (Phi) is 2.62. The van der Waals surface area contributed by atoms with Gasteiger partial charge in [0.1, 0.15) is 17.1 Å². The summed E-state index contributed by atoms with van der Waals surface area (Å²) in [5.74, 6) is 1.19. The number of hydrogen-bond donors (Lipinski definition) is 0. The summed E-state index contributed by atoms with van der Waals surface area (Å²) in [6, 6.07) is 5.52. The molecular weight excluding hydrogens is 204 g/mol. The molecule has 1 aromatic carbocycles. The number of ether oxygens (including phenoxy) is 2. The third-order valence-electron chi connectivity index (χ3n) is 2.68. The molecule has 1 aromatic rings. The highest BCUT2D eigenvalue weighted by Crippen LogP contribution is 2.34. The first-order chi connectivity index (χ1) is 7.46. The van der Waals surface area contributed by atoms with E-state index in [9.17, 15) is 4.79 Å². The lowest BCUT2D eigenvalue weighted by Crippen LogP contribution is -2.32. The predicted octanol–water partition coefficient (Wildman–Crippen LogP) is 2.72. The lowest BCUT2D eigenvalue weighted by atomic mass is 9.94. The molecule has 0 amide bonds. The topological polar surface area (TPSA) is 35.5 Å². The minimum absolute atomic E-state index is 0.101. The minimum atomic E-state index is -0.294. The van der Waals surface area contributed by atoms with Crippen LogP contribution in [0.25, 0.3) is 0 Å². The highest BCUT2D eigenvalue weighted by atomic mass is 16.5. The molecule has 0 saturated heterocycles. The predicted molar refractivity (Wildman–Crippen MR) is 60.8 cm³/mol. The van der Waals surface area contributed by atoms with Gasteiger partial charge in [0, 0.05) is 6.92 Å². The van der Waals surface area contributed by atoms with Crippen molar-refractivity contribution in [1.29, 1.82) is 0 Å². The van der Waals surface area contributed by atoms with Crippen LogP contribution in [-0.4, -0.2) is 11.6 Å². The first-order valence-corrected chi connectivity index (χ1v) is 5.47. The molecule has 0 aromatic heterocycles. The summed E-state index contributed by atoms with van der Waals surface area (Å²) in [4.78, 5) is 10.8. The van der Waals surface area contributed by atoms with Crippen LogP contribution in [-0.2, 0) is 11.2 Å². The van der Waals surface area contributed by atoms with Gasteiger partial charge in [-0.3, -0.25) is 4.79 Å². The largest absolute Gasteiger partial charge is 0.488 e. The molecule has 1 aliphatic rings. The number of esters is 1. The SMILES string of the molecule is CC(=O)Oc1ccc2c(c1)CCC(C)(C)O2. The normalized spacial score (nSPS) is 17.2. The van der Waals surface area contributed by atoms with Crippen molar-refractivity contribution in [3.63, 3.8) is 0 Å². The van der Waals surface area contributed by atoms with Crippen LogP contribution in [0.4, 0.5) is 0 Å². The molecule has 0 radical (unpaired) electrons. The highest BCUT2D eigenvalue weighted by Gasteiger charge is 2.26. The number of carbonyl (C=O) groups is 1. The van der Waals surface area contributed by atoms with Gasteiger partial charge in [-0.05, 0) is 50.5 Å². The zero-order chi connectivity index (χ0) is 11.8. The Balaban J connectivity index is 2.24. The third kappa shape index (κ3) is 2.35. The van der Waals surface area contributed by atoms with Crippen molar-refractivity contribution >= 4 is 5.97 Å². The maximum absolute atomic E-state index is 10.8. The van der Waals surface area contributed by atoms with Crippen molar-refractivity contribution in [3.05, 3.63) is 23.8 Å². The second kappa shape index (κ2) is 3.81. The lowest BCUT2D eigenvalue weighted by Gasteiger charge is -2.32. The van der Waals surface area contributed by atoms with E-state index in [1.54, 1.807) is 6.07 Å². The number of fused-ring (bicyclic) bond motifs is 1. The summed E-state index contributed by atoms with van der Waals surface area (Å²) >= 11 is 0. The standard InChI is InChI=1S/C13H16O3/c1-9(14)15-11-4-5-12-10(8-11)6-7-13(2,3)16-12/h4-5,8H,6-7H2,1-3H3. The Bertz CT molecular complexity index is 421. The van der Waals surface area contributed by atoms with Crippen molar-refractivity contribution in [2.75, 3.05) is 0 Å². The summed E-state index contributed by atoms with van der Waals surface area (Å²) in [7, 11) is 0. The quantitative estimate of drug-likeness (QED) is 0.539. The molecule has 0 saturated carbocycles. The summed E-state index contributed by atoms with van der Waals surface area (Å²) in [6.07, 6.45) is 1.93. The molecule has 0 N–H and O–H groups in total. The van der Waals surface area contributed by atoms with Crippen molar-refractivity contribution in [2.45, 2.75) is 39.2 Å². The van der Waals surface area contributed by atoms with Crippen LogP contribution in [0.3, 0.4) is 0 Å². The molecule has 0 bridgehead atoms. The van der Waals surface area contributed by atoms with Crippen LogP contribution < -0.4 is 9.47 Å². The smallest absolute Gasteiger partial charge is 0.308 e. The van der Waals surface area contributed by atoms with Gasteiger partial charge >= 0.3 is 5.97 Å². The number of hydrogen-bond acceptors (Lipinski definition) is 3. The van der Waals surface area contributed by atoms with Gasteiger partial charge < -0.3 is 9.47 Å². The molecule has 0 spiro atoms. The van der Waals surface area contributed by atoms with E-state index in [1.165, 1.54) is 6.92 Å². The fourth-order valence-corrected chi connectivity index (χ4v) is 1.86. The van der Waals surface area contributed by atoms with Gasteiger partial charge in [0.2, 0.25) is 0 Å². The first-order valence-electron chi connectivity index (χ1n) is 5.47. The minimum Gasteiger partial charge on any atom is -0.488 e. The summed E-state index contributed by atoms with van der Waals surface area (Å²) < 4.78 is 10.9. The fourth-order valence-electron chi connectivity index (χ4n) is 1.86. The lowest BCUT2D eigenvalue weighted by molar-refractivity contribution is -0.131. The molecule has 3 heteroatoms. The Morgan fingerprint density at radius 3 is 2.88 bits per heavy atom. The molecule has 2 rings (SSSR count). The van der Waals surface area contributed by atoms with E-state index in [0.29, 0.717) is 5.75 Å². The zero-order valence-electron chi connectivity index (χ0n) is 9.87. The van der Waals surface area contributed by atoms with E-state index in [0.717, 1.165) is 24.2 Å². The Hall–Kier alpha value is -1.51. The van der Waals surface area contributed by atoms with Crippen LogP contribution in [0.5, 0.6) is 11.5 Å². The molecule has 1 heterocycles. The first kappa shape index (κ1) is 11.0. The highest BCUT2D eigenvalue weighted by molar-refractivity contribution is 5.69. The van der Waals surface area contributed by atoms with Crippen LogP contribution >= 0.6 is 0 Å². The summed E-state index contributed by atoms with van der Waals surface area (Å²) in [5.41, 5.74) is 1.01. The van der Waals surface area contributed by atoms with E-state index >= 15 is 0 Å². The number of carbonyl (C=O) groups excluding carboxylic acids is 1. The number of rotatable bonds is 1. The molecule has 0 aliphatic carbocycles. The molecular formula is C13H16O3. The molecule has 3 nitrogen and oxygen atoms in total. The number of benzene rings is 1. The van der Waals surface area contributed by atoms with Crippen LogP contribution in [0.1, 0.15) is 32.8 Å². The van der Waals surface area contributed by atoms with E-state index < -0.39 is 0 Å². The second-order valence-electron chi connectivity index (χ2n) is 4.72. The van der Waals surface area contributed by atoms with Crippen molar-refractivity contribution in [1.82, 2.24) is 0 Å². The van der Waals surface area contributed by atoms with E-state index in [1.807, 2.05) is 12.1 Å². The van der Waals surface area contributed by atoms with Gasteiger partial charge in [-0.25, -0.2) is 0 Å². The number of aryl methyl sites for hydroxylation is 1. The average Bonchev–Trinajstić information content (AvgIpc) is 2.16. The van der Waals surface area contributed by atoms with Crippen LogP contribution in [0, 0.1) is 0 Å². The second-order valence-corrected chi connectivity index (χ2v) is 4.72. The average molecular weight is 220 g/mol. The van der Waals surface area contributed by atoms with Crippen molar-refractivity contribution < 1.29 is 14.3 Å². The van der Waals surface area contributed by atoms with E-state index in [4.69, 9.17) is 9.47 Å². The zero-order valence-corrected chi connectivity index (χ0v) is 9.87. The van der Waals surface area contributed by atoms with E-state index in [-0.39, 0.29) is 11.6 Å². The molecule has 16 heavy (non-hydrogen) atoms. The Labute approximate surface area is 95.4 Å². The van der Waals surface area contributed by atoms with Gasteiger partial charge in [0.05, 0.1) is 0 Å². The summed E-state index contributed by atoms with van der Waals surface area (Å²) in [5, 5.41) is 0. The van der Waals surface area contributed by atoms with Gasteiger partial charge in [-0.15, -0.1) is 0 Å². The van der Waals surface area contributed by atoms with E-state index in [2.05, 4.69) is 13.8 Å². The van der Waals surface area contributed by atoms with Gasteiger partial charge in [-0.1, -0.05) is 0 Å². The monoisotopic (exact) mass is 220 g/mol. The maximum Gasteiger partial charge on any atom is 0.308 e. The maximum atomic E-state index is 10.8. The molecule has 0 fully saturated rings.